The Balaban J connectivity index is 2.04. The minimum atomic E-state index is -0.341. The zero-order valence-electron chi connectivity index (χ0n) is 12.8. The van der Waals surface area contributed by atoms with Gasteiger partial charge in [-0.1, -0.05) is 13.8 Å². The molecular formula is C15H22N4O2. The Hall–Kier alpha value is -2.11. The van der Waals surface area contributed by atoms with Crippen LogP contribution in [0.5, 0.6) is 0 Å². The zero-order valence-corrected chi connectivity index (χ0v) is 12.8. The molecule has 0 amide bonds. The summed E-state index contributed by atoms with van der Waals surface area (Å²) in [6, 6.07) is 2.43. The van der Waals surface area contributed by atoms with Gasteiger partial charge in [-0.05, 0) is 25.8 Å². The predicted molar refractivity (Wildman–Crippen MR) is 79.1 cm³/mol. The van der Waals surface area contributed by atoms with E-state index < -0.39 is 0 Å². The van der Waals surface area contributed by atoms with Gasteiger partial charge in [-0.25, -0.2) is 4.79 Å². The first-order valence-electron chi connectivity index (χ1n) is 7.41. The van der Waals surface area contributed by atoms with Crippen molar-refractivity contribution in [1.29, 1.82) is 0 Å². The largest absolute Gasteiger partial charge is 0.462 e. The summed E-state index contributed by atoms with van der Waals surface area (Å²) in [4.78, 5) is 11.6. The van der Waals surface area contributed by atoms with Crippen molar-refractivity contribution in [2.75, 3.05) is 6.61 Å². The second-order valence-electron chi connectivity index (χ2n) is 4.90. The monoisotopic (exact) mass is 290 g/mol. The number of carbonyl (C=O) groups is 1. The maximum atomic E-state index is 11.6. The van der Waals surface area contributed by atoms with E-state index in [4.69, 9.17) is 4.74 Å². The number of esters is 1. The fourth-order valence-electron chi connectivity index (χ4n) is 2.26. The van der Waals surface area contributed by atoms with Crippen molar-refractivity contribution in [1.82, 2.24) is 19.6 Å². The molecule has 6 nitrogen and oxygen atoms in total. The first kappa shape index (κ1) is 15.3. The normalized spacial score (nSPS) is 11.0. The fourth-order valence-corrected chi connectivity index (χ4v) is 2.26. The lowest BCUT2D eigenvalue weighted by atomic mass is 10.2. The van der Waals surface area contributed by atoms with Gasteiger partial charge in [0.1, 0.15) is 0 Å². The highest BCUT2D eigenvalue weighted by Crippen LogP contribution is 2.14. The number of nitrogens with zero attached hydrogens (tertiary/aromatic N) is 4. The zero-order chi connectivity index (χ0) is 15.2. The number of rotatable bonds is 7. The fraction of sp³-hybridized carbons (Fsp3) is 0.533. The number of aromatic nitrogens is 4. The molecule has 2 aromatic rings. The van der Waals surface area contributed by atoms with Crippen molar-refractivity contribution in [3.05, 3.63) is 35.9 Å². The highest BCUT2D eigenvalue weighted by atomic mass is 16.5. The predicted octanol–water partition coefficient (Wildman–Crippen LogP) is 2.67. The standard InChI is InChI=1S/C15H22N4O2/c1-4-14(5-2)19-8-7-13(17-19)11-18-10-12(9-16-18)15(20)21-6-3/h7-10,14H,4-6,11H2,1-3H3. The molecular weight excluding hydrogens is 268 g/mol. The van der Waals surface area contributed by atoms with Crippen molar-refractivity contribution < 1.29 is 9.53 Å². The molecule has 0 spiro atoms. The Morgan fingerprint density at radius 2 is 2.10 bits per heavy atom. The average Bonchev–Trinajstić information content (AvgIpc) is 3.11. The van der Waals surface area contributed by atoms with Crippen molar-refractivity contribution in [3.8, 4) is 0 Å². The summed E-state index contributed by atoms with van der Waals surface area (Å²) in [7, 11) is 0. The Bertz CT molecular complexity index is 584. The average molecular weight is 290 g/mol. The lowest BCUT2D eigenvalue weighted by Gasteiger charge is -2.12. The maximum absolute atomic E-state index is 11.6. The number of ether oxygens (including phenoxy) is 1. The van der Waals surface area contributed by atoms with Crippen LogP contribution in [-0.2, 0) is 11.3 Å². The molecule has 0 bridgehead atoms. The van der Waals surface area contributed by atoms with Gasteiger partial charge >= 0.3 is 5.97 Å². The van der Waals surface area contributed by atoms with E-state index in [1.165, 1.54) is 6.20 Å². The van der Waals surface area contributed by atoms with Gasteiger partial charge in [0.2, 0.25) is 0 Å². The Morgan fingerprint density at radius 1 is 1.33 bits per heavy atom. The number of hydrogen-bond donors (Lipinski definition) is 0. The molecule has 0 saturated carbocycles. The summed E-state index contributed by atoms with van der Waals surface area (Å²) in [5.41, 5.74) is 1.40. The molecule has 0 unspecified atom stereocenters. The molecule has 0 N–H and O–H groups in total. The Labute approximate surface area is 124 Å². The van der Waals surface area contributed by atoms with E-state index in [-0.39, 0.29) is 5.97 Å². The van der Waals surface area contributed by atoms with E-state index in [9.17, 15) is 4.79 Å². The molecule has 0 aromatic carbocycles. The van der Waals surface area contributed by atoms with Gasteiger partial charge in [-0.15, -0.1) is 0 Å². The van der Waals surface area contributed by atoms with Crippen LogP contribution in [0.4, 0.5) is 0 Å². The maximum Gasteiger partial charge on any atom is 0.341 e. The van der Waals surface area contributed by atoms with Crippen LogP contribution in [0, 0.1) is 0 Å². The summed E-state index contributed by atoms with van der Waals surface area (Å²) < 4.78 is 8.65. The summed E-state index contributed by atoms with van der Waals surface area (Å²) in [6.45, 7) is 7.02. The SMILES string of the molecule is CCOC(=O)c1cnn(Cc2ccn(C(CC)CC)n2)c1. The molecule has 0 atom stereocenters. The summed E-state index contributed by atoms with van der Waals surface area (Å²) in [5, 5.41) is 8.75. The number of carbonyl (C=O) groups excluding carboxylic acids is 1. The second kappa shape index (κ2) is 7.06. The smallest absolute Gasteiger partial charge is 0.341 e. The molecule has 6 heteroatoms. The highest BCUT2D eigenvalue weighted by Gasteiger charge is 2.11. The molecule has 0 aliphatic rings. The summed E-state index contributed by atoms with van der Waals surface area (Å²) in [6.07, 6.45) is 7.34. The van der Waals surface area contributed by atoms with Crippen molar-refractivity contribution in [2.45, 2.75) is 46.2 Å². The molecule has 0 fully saturated rings. The van der Waals surface area contributed by atoms with Crippen molar-refractivity contribution in [2.24, 2.45) is 0 Å². The van der Waals surface area contributed by atoms with Crippen LogP contribution >= 0.6 is 0 Å². The molecule has 0 saturated heterocycles. The van der Waals surface area contributed by atoms with E-state index in [1.54, 1.807) is 17.8 Å². The Kier molecular flexibility index (Phi) is 5.14. The molecule has 0 aliphatic carbocycles. The van der Waals surface area contributed by atoms with Crippen LogP contribution in [-0.4, -0.2) is 32.1 Å². The van der Waals surface area contributed by atoms with E-state index in [1.807, 2.05) is 16.9 Å². The molecule has 0 radical (unpaired) electrons. The van der Waals surface area contributed by atoms with Crippen LogP contribution in [0.1, 0.15) is 55.7 Å². The minimum absolute atomic E-state index is 0.341. The topological polar surface area (TPSA) is 61.9 Å². The van der Waals surface area contributed by atoms with Crippen LogP contribution in [0.25, 0.3) is 0 Å². The van der Waals surface area contributed by atoms with Crippen molar-refractivity contribution in [3.63, 3.8) is 0 Å². The van der Waals surface area contributed by atoms with Gasteiger partial charge in [-0.2, -0.15) is 10.2 Å². The van der Waals surface area contributed by atoms with Crippen LogP contribution in [0.15, 0.2) is 24.7 Å². The van der Waals surface area contributed by atoms with Crippen LogP contribution < -0.4 is 0 Å². The third-order valence-corrected chi connectivity index (χ3v) is 3.45. The Morgan fingerprint density at radius 3 is 2.76 bits per heavy atom. The van der Waals surface area contributed by atoms with Gasteiger partial charge < -0.3 is 4.74 Å². The van der Waals surface area contributed by atoms with E-state index in [0.717, 1.165) is 18.5 Å². The summed E-state index contributed by atoms with van der Waals surface area (Å²) in [5.74, 6) is -0.341. The number of hydrogen-bond acceptors (Lipinski definition) is 4. The molecule has 21 heavy (non-hydrogen) atoms. The first-order chi connectivity index (χ1) is 10.2. The van der Waals surface area contributed by atoms with E-state index >= 15 is 0 Å². The van der Waals surface area contributed by atoms with Crippen LogP contribution in [0.2, 0.25) is 0 Å². The van der Waals surface area contributed by atoms with E-state index in [2.05, 4.69) is 24.0 Å². The highest BCUT2D eigenvalue weighted by molar-refractivity contribution is 5.88. The second-order valence-corrected chi connectivity index (χ2v) is 4.90. The molecule has 114 valence electrons. The van der Waals surface area contributed by atoms with Crippen LogP contribution in [0.3, 0.4) is 0 Å². The molecule has 0 aliphatic heterocycles. The minimum Gasteiger partial charge on any atom is -0.462 e. The summed E-state index contributed by atoms with van der Waals surface area (Å²) >= 11 is 0. The van der Waals surface area contributed by atoms with Gasteiger partial charge in [0.15, 0.2) is 0 Å². The van der Waals surface area contributed by atoms with Crippen molar-refractivity contribution >= 4 is 5.97 Å². The third-order valence-electron chi connectivity index (χ3n) is 3.45. The van der Waals surface area contributed by atoms with Gasteiger partial charge in [0, 0.05) is 12.4 Å². The quantitative estimate of drug-likeness (QED) is 0.735. The molecule has 2 rings (SSSR count). The lowest BCUT2D eigenvalue weighted by molar-refractivity contribution is 0.0526. The van der Waals surface area contributed by atoms with E-state index in [0.29, 0.717) is 24.8 Å². The first-order valence-corrected chi connectivity index (χ1v) is 7.41. The van der Waals surface area contributed by atoms with Gasteiger partial charge in [0.25, 0.3) is 0 Å². The van der Waals surface area contributed by atoms with Gasteiger partial charge in [-0.3, -0.25) is 9.36 Å². The molecule has 2 heterocycles. The third kappa shape index (κ3) is 3.71. The lowest BCUT2D eigenvalue weighted by Crippen LogP contribution is -2.09. The van der Waals surface area contributed by atoms with Gasteiger partial charge in [0.05, 0.1) is 36.6 Å². The molecule has 2 aromatic heterocycles.